The van der Waals surface area contributed by atoms with Crippen LogP contribution in [0.1, 0.15) is 36.0 Å². The van der Waals surface area contributed by atoms with Crippen LogP contribution in [-0.2, 0) is 0 Å². The van der Waals surface area contributed by atoms with Crippen LogP contribution in [0, 0.1) is 0 Å². The molecule has 0 amide bonds. The van der Waals surface area contributed by atoms with E-state index in [-0.39, 0.29) is 29.3 Å². The zero-order valence-corrected chi connectivity index (χ0v) is 18.4. The van der Waals surface area contributed by atoms with Crippen LogP contribution in [0.25, 0.3) is 0 Å². The highest BCUT2D eigenvalue weighted by molar-refractivity contribution is 9.10. The van der Waals surface area contributed by atoms with E-state index in [4.69, 9.17) is 16.6 Å². The Morgan fingerprint density at radius 2 is 1.88 bits per heavy atom. The van der Waals surface area contributed by atoms with Crippen LogP contribution >= 0.6 is 44.5 Å². The van der Waals surface area contributed by atoms with Crippen molar-refractivity contribution in [2.75, 3.05) is 18.0 Å². The molecule has 3 rings (SSSR count). The van der Waals surface area contributed by atoms with Gasteiger partial charge in [-0.05, 0) is 43.2 Å². The molecule has 1 aliphatic rings. The number of carbonyl (C=O) groups is 1. The molecule has 0 aromatic heterocycles. The molecule has 2 aromatic rings. The number of Topliss-reactive ketones (excluding diaryl/α,β-unsaturated/α-hetero) is 1. The van der Waals surface area contributed by atoms with Gasteiger partial charge in [0.15, 0.2) is 5.78 Å². The smallest absolute Gasteiger partial charge is 0.182 e. The lowest BCUT2D eigenvalue weighted by Gasteiger charge is -2.26. The highest BCUT2D eigenvalue weighted by atomic mass is 79.9. The molecule has 0 atom stereocenters. The maximum Gasteiger partial charge on any atom is 0.182 e. The Morgan fingerprint density at radius 1 is 1.12 bits per heavy atom. The number of aliphatic imine (C=N–C) groups is 1. The standard InChI is InChI=1S/C20H20BrClN2O.BrH/c21-16-10-8-15(9-11-16)19(25)14-24(18-6-4-5-17(22)13-18)20-7-2-1-3-12-23-20;/h4-6,8-11,13H,1-3,7,12,14H2;1H. The molecule has 0 unspecified atom stereocenters. The van der Waals surface area contributed by atoms with Gasteiger partial charge in [0.05, 0.1) is 6.54 Å². The average molecular weight is 501 g/mol. The molecular weight excluding hydrogens is 479 g/mol. The van der Waals surface area contributed by atoms with Crippen LogP contribution in [0.5, 0.6) is 0 Å². The SMILES string of the molecule is Br.O=C(CN(C1=NCCCCC1)c1cccc(Cl)c1)c1ccc(Br)cc1. The van der Waals surface area contributed by atoms with E-state index in [0.29, 0.717) is 10.6 Å². The lowest BCUT2D eigenvalue weighted by atomic mass is 10.1. The zero-order chi connectivity index (χ0) is 17.6. The summed E-state index contributed by atoms with van der Waals surface area (Å²) in [5, 5.41) is 0.660. The minimum Gasteiger partial charge on any atom is -0.322 e. The van der Waals surface area contributed by atoms with Crippen LogP contribution in [-0.4, -0.2) is 24.7 Å². The summed E-state index contributed by atoms with van der Waals surface area (Å²) in [6.45, 7) is 1.08. The van der Waals surface area contributed by atoms with Gasteiger partial charge >= 0.3 is 0 Å². The molecule has 3 nitrogen and oxygen atoms in total. The molecular formula is C20H21Br2ClN2O. The van der Waals surface area contributed by atoms with Gasteiger partial charge in [-0.15, -0.1) is 17.0 Å². The van der Waals surface area contributed by atoms with Gasteiger partial charge in [-0.2, -0.15) is 0 Å². The Morgan fingerprint density at radius 3 is 2.62 bits per heavy atom. The molecule has 0 fully saturated rings. The second kappa shape index (κ2) is 10.2. The van der Waals surface area contributed by atoms with Gasteiger partial charge in [0.25, 0.3) is 0 Å². The van der Waals surface area contributed by atoms with Crippen molar-refractivity contribution in [1.82, 2.24) is 0 Å². The summed E-state index contributed by atoms with van der Waals surface area (Å²) in [4.78, 5) is 19.6. The van der Waals surface area contributed by atoms with Crippen molar-refractivity contribution in [3.63, 3.8) is 0 Å². The number of amidine groups is 1. The number of ketones is 1. The Labute approximate surface area is 178 Å². The van der Waals surface area contributed by atoms with Gasteiger partial charge in [0, 0.05) is 33.7 Å². The first-order chi connectivity index (χ1) is 12.1. The topological polar surface area (TPSA) is 32.7 Å². The number of nitrogens with zero attached hydrogens (tertiary/aromatic N) is 2. The van der Waals surface area contributed by atoms with Crippen LogP contribution < -0.4 is 4.90 Å². The van der Waals surface area contributed by atoms with Crippen LogP contribution in [0.3, 0.4) is 0 Å². The zero-order valence-electron chi connectivity index (χ0n) is 14.3. The highest BCUT2D eigenvalue weighted by Crippen LogP contribution is 2.23. The van der Waals surface area contributed by atoms with Gasteiger partial charge in [-0.1, -0.05) is 52.2 Å². The summed E-state index contributed by atoms with van der Waals surface area (Å²) in [7, 11) is 0. The molecule has 138 valence electrons. The van der Waals surface area contributed by atoms with E-state index >= 15 is 0 Å². The number of benzene rings is 2. The maximum atomic E-state index is 12.8. The fourth-order valence-electron chi connectivity index (χ4n) is 2.93. The van der Waals surface area contributed by atoms with Crippen molar-refractivity contribution in [2.45, 2.75) is 25.7 Å². The third-order valence-corrected chi connectivity index (χ3v) is 5.02. The number of rotatable bonds is 4. The van der Waals surface area contributed by atoms with Gasteiger partial charge < -0.3 is 4.90 Å². The number of anilines is 1. The number of carbonyl (C=O) groups excluding carboxylic acids is 1. The molecule has 0 saturated heterocycles. The summed E-state index contributed by atoms with van der Waals surface area (Å²) in [5.41, 5.74) is 1.61. The van der Waals surface area contributed by atoms with Crippen LogP contribution in [0.4, 0.5) is 5.69 Å². The van der Waals surface area contributed by atoms with Crippen molar-refractivity contribution in [3.05, 3.63) is 63.6 Å². The second-order valence-electron chi connectivity index (χ2n) is 6.10. The first-order valence-corrected chi connectivity index (χ1v) is 9.66. The predicted octanol–water partition coefficient (Wildman–Crippen LogP) is 6.34. The highest BCUT2D eigenvalue weighted by Gasteiger charge is 2.19. The lowest BCUT2D eigenvalue weighted by Crippen LogP contribution is -2.36. The Bertz CT molecular complexity index is 778. The van der Waals surface area contributed by atoms with Crippen molar-refractivity contribution in [3.8, 4) is 0 Å². The minimum absolute atomic E-state index is 0. The van der Waals surface area contributed by atoms with Crippen molar-refractivity contribution < 1.29 is 4.79 Å². The molecule has 1 heterocycles. The van der Waals surface area contributed by atoms with Gasteiger partial charge in [-0.25, -0.2) is 0 Å². The Balaban J connectivity index is 0.00000243. The fourth-order valence-corrected chi connectivity index (χ4v) is 3.37. The largest absolute Gasteiger partial charge is 0.322 e. The molecule has 0 radical (unpaired) electrons. The summed E-state index contributed by atoms with van der Waals surface area (Å²) in [6, 6.07) is 15.1. The summed E-state index contributed by atoms with van der Waals surface area (Å²) in [6.07, 6.45) is 4.27. The van der Waals surface area contributed by atoms with E-state index in [1.807, 2.05) is 53.4 Å². The van der Waals surface area contributed by atoms with E-state index in [1.54, 1.807) is 0 Å². The predicted molar refractivity (Wildman–Crippen MR) is 118 cm³/mol. The number of hydrogen-bond acceptors (Lipinski definition) is 3. The molecule has 0 aliphatic carbocycles. The van der Waals surface area contributed by atoms with Crippen molar-refractivity contribution in [1.29, 1.82) is 0 Å². The summed E-state index contributed by atoms with van der Waals surface area (Å²) < 4.78 is 0.962. The van der Waals surface area contributed by atoms with Crippen molar-refractivity contribution >= 4 is 61.8 Å². The average Bonchev–Trinajstić information content (AvgIpc) is 2.89. The fraction of sp³-hybridized carbons (Fsp3) is 0.300. The van der Waals surface area contributed by atoms with E-state index < -0.39 is 0 Å². The van der Waals surface area contributed by atoms with E-state index in [1.165, 1.54) is 6.42 Å². The second-order valence-corrected chi connectivity index (χ2v) is 7.46. The Kier molecular flexibility index (Phi) is 8.32. The normalized spacial score (nSPS) is 14.0. The molecule has 1 aliphatic heterocycles. The maximum absolute atomic E-state index is 12.8. The third kappa shape index (κ3) is 5.66. The number of halogens is 3. The quantitative estimate of drug-likeness (QED) is 0.459. The first kappa shape index (κ1) is 21.1. The van der Waals surface area contributed by atoms with E-state index in [9.17, 15) is 4.79 Å². The monoisotopic (exact) mass is 498 g/mol. The first-order valence-electron chi connectivity index (χ1n) is 8.49. The van der Waals surface area contributed by atoms with Crippen molar-refractivity contribution in [2.24, 2.45) is 4.99 Å². The summed E-state index contributed by atoms with van der Waals surface area (Å²) in [5.74, 6) is 1.05. The molecule has 26 heavy (non-hydrogen) atoms. The third-order valence-electron chi connectivity index (χ3n) is 4.25. The van der Waals surface area contributed by atoms with Crippen LogP contribution in [0.15, 0.2) is 58.0 Å². The molecule has 0 bridgehead atoms. The van der Waals surface area contributed by atoms with Gasteiger partial charge in [-0.3, -0.25) is 9.79 Å². The lowest BCUT2D eigenvalue weighted by molar-refractivity contribution is 0.100. The molecule has 0 spiro atoms. The number of hydrogen-bond donors (Lipinski definition) is 0. The molecule has 0 saturated carbocycles. The van der Waals surface area contributed by atoms with E-state index in [0.717, 1.165) is 41.8 Å². The molecule has 2 aromatic carbocycles. The Hall–Kier alpha value is -1.17. The van der Waals surface area contributed by atoms with Gasteiger partial charge in [0.1, 0.15) is 5.84 Å². The molecule has 0 N–H and O–H groups in total. The van der Waals surface area contributed by atoms with E-state index in [2.05, 4.69) is 15.9 Å². The van der Waals surface area contributed by atoms with Gasteiger partial charge in [0.2, 0.25) is 0 Å². The molecule has 6 heteroatoms. The minimum atomic E-state index is 0. The van der Waals surface area contributed by atoms with Crippen LogP contribution in [0.2, 0.25) is 5.02 Å². The summed E-state index contributed by atoms with van der Waals surface area (Å²) >= 11 is 9.58.